The number of nitro groups is 1. The molecular formula is C21H17F3N6O2. The number of hydrogen-bond acceptors (Lipinski definition) is 6. The molecule has 4 aromatic rings. The molecule has 164 valence electrons. The van der Waals surface area contributed by atoms with Gasteiger partial charge in [0.2, 0.25) is 0 Å². The summed E-state index contributed by atoms with van der Waals surface area (Å²) in [6.07, 6.45) is -1.81. The minimum Gasteiger partial charge on any atom is -0.356 e. The van der Waals surface area contributed by atoms with Crippen molar-refractivity contribution in [1.82, 2.24) is 19.6 Å². The maximum absolute atomic E-state index is 13.2. The largest absolute Gasteiger partial charge is 0.417 e. The van der Waals surface area contributed by atoms with Gasteiger partial charge in [-0.1, -0.05) is 0 Å². The first kappa shape index (κ1) is 20.2. The highest BCUT2D eigenvalue weighted by molar-refractivity contribution is 5.82. The molecule has 1 atom stereocenters. The van der Waals surface area contributed by atoms with Crippen LogP contribution in [-0.4, -0.2) is 37.6 Å². The average molecular weight is 442 g/mol. The molecule has 8 nitrogen and oxygen atoms in total. The summed E-state index contributed by atoms with van der Waals surface area (Å²) in [7, 11) is 0. The van der Waals surface area contributed by atoms with Gasteiger partial charge in [-0.15, -0.1) is 10.2 Å². The first-order chi connectivity index (χ1) is 15.3. The smallest absolute Gasteiger partial charge is 0.356 e. The van der Waals surface area contributed by atoms with E-state index in [4.69, 9.17) is 0 Å². The Morgan fingerprint density at radius 3 is 2.72 bits per heavy atom. The number of hydrogen-bond donors (Lipinski definition) is 0. The lowest BCUT2D eigenvalue weighted by Crippen LogP contribution is -2.35. The number of nitrogens with zero attached hydrogens (tertiary/aromatic N) is 6. The quantitative estimate of drug-likeness (QED) is 0.341. The predicted molar refractivity (Wildman–Crippen MR) is 111 cm³/mol. The zero-order valence-corrected chi connectivity index (χ0v) is 16.7. The normalized spacial score (nSPS) is 17.2. The van der Waals surface area contributed by atoms with E-state index in [0.29, 0.717) is 34.7 Å². The van der Waals surface area contributed by atoms with E-state index in [1.807, 2.05) is 0 Å². The summed E-state index contributed by atoms with van der Waals surface area (Å²) >= 11 is 0. The topological polar surface area (TPSA) is 89.5 Å². The second-order valence-corrected chi connectivity index (χ2v) is 7.79. The van der Waals surface area contributed by atoms with Crippen LogP contribution in [0.2, 0.25) is 0 Å². The minimum absolute atomic E-state index is 0.00185. The number of non-ortho nitro benzene ring substituents is 1. The summed E-state index contributed by atoms with van der Waals surface area (Å²) in [5.74, 6) is 1.09. The van der Waals surface area contributed by atoms with E-state index in [1.54, 1.807) is 18.2 Å². The number of pyridine rings is 2. The summed E-state index contributed by atoms with van der Waals surface area (Å²) < 4.78 is 40.9. The van der Waals surface area contributed by atoms with Crippen molar-refractivity contribution in [3.63, 3.8) is 0 Å². The molecule has 1 fully saturated rings. The van der Waals surface area contributed by atoms with Gasteiger partial charge >= 0.3 is 6.18 Å². The molecule has 0 aliphatic carbocycles. The number of piperidine rings is 1. The molecule has 1 saturated heterocycles. The van der Waals surface area contributed by atoms with Crippen LogP contribution in [0.15, 0.2) is 48.7 Å². The van der Waals surface area contributed by atoms with Crippen molar-refractivity contribution in [3.05, 3.63) is 70.2 Å². The number of fused-ring (bicyclic) bond motifs is 2. The molecule has 5 rings (SSSR count). The van der Waals surface area contributed by atoms with Gasteiger partial charge in [0.1, 0.15) is 11.6 Å². The third kappa shape index (κ3) is 3.59. The van der Waals surface area contributed by atoms with Crippen molar-refractivity contribution >= 4 is 28.1 Å². The van der Waals surface area contributed by atoms with Gasteiger partial charge in [0.15, 0.2) is 5.65 Å². The van der Waals surface area contributed by atoms with E-state index in [0.717, 1.165) is 31.6 Å². The van der Waals surface area contributed by atoms with Gasteiger partial charge in [-0.25, -0.2) is 4.98 Å². The Labute approximate surface area is 179 Å². The third-order valence-electron chi connectivity index (χ3n) is 5.74. The number of nitro benzene ring substituents is 1. The van der Waals surface area contributed by atoms with Crippen LogP contribution in [-0.2, 0) is 6.18 Å². The van der Waals surface area contributed by atoms with Crippen molar-refractivity contribution in [2.24, 2.45) is 0 Å². The standard InChI is InChI=1S/C21H17F3N6O2/c22-21(23,24)15-4-8-19-26-27-20(29(19)12-15)14-2-1-9-28(11-14)18-7-3-13-10-16(30(31)32)5-6-17(13)25-18/h3-8,10,12,14H,1-2,9,11H2. The van der Waals surface area contributed by atoms with Gasteiger partial charge in [-0.3, -0.25) is 14.5 Å². The zero-order chi connectivity index (χ0) is 22.5. The molecule has 0 radical (unpaired) electrons. The van der Waals surface area contributed by atoms with Crippen LogP contribution in [0.3, 0.4) is 0 Å². The van der Waals surface area contributed by atoms with E-state index in [-0.39, 0.29) is 11.6 Å². The van der Waals surface area contributed by atoms with Crippen LogP contribution in [0.25, 0.3) is 16.6 Å². The van der Waals surface area contributed by atoms with Crippen molar-refractivity contribution in [3.8, 4) is 0 Å². The van der Waals surface area contributed by atoms with Crippen LogP contribution in [0.4, 0.5) is 24.7 Å². The molecular weight excluding hydrogens is 425 g/mol. The molecule has 0 N–H and O–H groups in total. The van der Waals surface area contributed by atoms with Gasteiger partial charge in [0.05, 0.1) is 16.0 Å². The molecule has 32 heavy (non-hydrogen) atoms. The van der Waals surface area contributed by atoms with Crippen LogP contribution in [0, 0.1) is 10.1 Å². The Hall–Kier alpha value is -3.76. The Kier molecular flexibility index (Phi) is 4.68. The first-order valence-electron chi connectivity index (χ1n) is 10.0. The maximum atomic E-state index is 13.2. The van der Waals surface area contributed by atoms with E-state index >= 15 is 0 Å². The Balaban J connectivity index is 1.44. The number of benzene rings is 1. The van der Waals surface area contributed by atoms with Gasteiger partial charge in [-0.2, -0.15) is 13.2 Å². The van der Waals surface area contributed by atoms with Gasteiger partial charge in [-0.05, 0) is 43.2 Å². The maximum Gasteiger partial charge on any atom is 0.417 e. The monoisotopic (exact) mass is 442 g/mol. The zero-order valence-electron chi connectivity index (χ0n) is 16.7. The SMILES string of the molecule is O=[N+]([O-])c1ccc2nc(N3CCCC(c4nnc5ccc(C(F)(F)F)cn45)C3)ccc2c1. The average Bonchev–Trinajstić information content (AvgIpc) is 3.21. The molecule has 0 amide bonds. The minimum atomic E-state index is -4.45. The summed E-state index contributed by atoms with van der Waals surface area (Å²) in [5.41, 5.74) is 0.263. The molecule has 0 bridgehead atoms. The molecule has 1 aliphatic rings. The number of rotatable bonds is 3. The number of anilines is 1. The van der Waals surface area contributed by atoms with Gasteiger partial charge in [0, 0.05) is 42.7 Å². The summed E-state index contributed by atoms with van der Waals surface area (Å²) in [6.45, 7) is 1.27. The van der Waals surface area contributed by atoms with Crippen molar-refractivity contribution in [2.75, 3.05) is 18.0 Å². The van der Waals surface area contributed by atoms with E-state index in [9.17, 15) is 23.3 Å². The lowest BCUT2D eigenvalue weighted by atomic mass is 9.97. The molecule has 11 heteroatoms. The highest BCUT2D eigenvalue weighted by atomic mass is 19.4. The Morgan fingerprint density at radius 1 is 1.09 bits per heavy atom. The molecule has 0 saturated carbocycles. The molecule has 1 unspecified atom stereocenters. The van der Waals surface area contributed by atoms with Crippen LogP contribution < -0.4 is 4.90 Å². The number of halogens is 3. The fraction of sp³-hybridized carbons (Fsp3) is 0.286. The summed E-state index contributed by atoms with van der Waals surface area (Å²) in [4.78, 5) is 17.2. The molecule has 1 aromatic carbocycles. The third-order valence-corrected chi connectivity index (χ3v) is 5.74. The second-order valence-electron chi connectivity index (χ2n) is 7.79. The molecule has 4 heterocycles. The molecule has 0 spiro atoms. The van der Waals surface area contributed by atoms with Crippen LogP contribution in [0.1, 0.15) is 30.1 Å². The van der Waals surface area contributed by atoms with Gasteiger partial charge < -0.3 is 4.90 Å². The van der Waals surface area contributed by atoms with Crippen molar-refractivity contribution in [2.45, 2.75) is 24.9 Å². The fourth-order valence-electron chi connectivity index (χ4n) is 4.14. The van der Waals surface area contributed by atoms with Crippen LogP contribution in [0.5, 0.6) is 0 Å². The fourth-order valence-corrected chi connectivity index (χ4v) is 4.14. The molecule has 3 aromatic heterocycles. The first-order valence-corrected chi connectivity index (χ1v) is 10.0. The number of alkyl halides is 3. The lowest BCUT2D eigenvalue weighted by Gasteiger charge is -2.33. The van der Waals surface area contributed by atoms with Crippen LogP contribution >= 0.6 is 0 Å². The highest BCUT2D eigenvalue weighted by Gasteiger charge is 2.32. The van der Waals surface area contributed by atoms with Crippen molar-refractivity contribution < 1.29 is 18.1 Å². The Bertz CT molecular complexity index is 1340. The van der Waals surface area contributed by atoms with E-state index in [1.165, 1.54) is 22.6 Å². The Morgan fingerprint density at radius 2 is 1.94 bits per heavy atom. The van der Waals surface area contributed by atoms with E-state index in [2.05, 4.69) is 20.1 Å². The number of aromatic nitrogens is 4. The molecule has 1 aliphatic heterocycles. The second kappa shape index (κ2) is 7.43. The lowest BCUT2D eigenvalue weighted by molar-refractivity contribution is -0.384. The van der Waals surface area contributed by atoms with Gasteiger partial charge in [0.25, 0.3) is 5.69 Å². The summed E-state index contributed by atoms with van der Waals surface area (Å²) in [5, 5.41) is 19.9. The van der Waals surface area contributed by atoms with Crippen molar-refractivity contribution in [1.29, 1.82) is 0 Å². The van der Waals surface area contributed by atoms with E-state index < -0.39 is 16.7 Å². The summed E-state index contributed by atoms with van der Waals surface area (Å²) in [6, 6.07) is 10.4. The predicted octanol–water partition coefficient (Wildman–Crippen LogP) is 4.59. The highest BCUT2D eigenvalue weighted by Crippen LogP contribution is 2.32.